The molecular formula is C14H18N4O2. The number of ether oxygens (including phenoxy) is 1. The zero-order valence-electron chi connectivity index (χ0n) is 11.2. The number of aromatic nitrogens is 2. The maximum Gasteiger partial charge on any atom is 0.223 e. The van der Waals surface area contributed by atoms with E-state index in [0.29, 0.717) is 37.6 Å². The largest absolute Gasteiger partial charge is 0.493 e. The molecule has 1 aromatic heterocycles. The fourth-order valence-electron chi connectivity index (χ4n) is 1.70. The Labute approximate surface area is 117 Å². The summed E-state index contributed by atoms with van der Waals surface area (Å²) in [6.07, 6.45) is 3.88. The van der Waals surface area contributed by atoms with E-state index in [4.69, 9.17) is 10.5 Å². The van der Waals surface area contributed by atoms with Gasteiger partial charge in [-0.3, -0.25) is 9.48 Å². The van der Waals surface area contributed by atoms with Gasteiger partial charge in [-0.2, -0.15) is 5.10 Å². The van der Waals surface area contributed by atoms with Crippen LogP contribution in [0.3, 0.4) is 0 Å². The van der Waals surface area contributed by atoms with Crippen molar-refractivity contribution in [3.8, 4) is 5.75 Å². The number of benzene rings is 1. The Morgan fingerprint density at radius 3 is 3.05 bits per heavy atom. The Kier molecular flexibility index (Phi) is 5.00. The molecule has 2 rings (SSSR count). The topological polar surface area (TPSA) is 82.2 Å². The molecule has 2 aromatic rings. The standard InChI is InChI=1S/C14H18N4O2/c15-12-3-1-4-13(11-12)20-10-5-14(19)16-7-9-18-8-2-6-17-18/h1-4,6,8,11H,5,7,9-10,15H2,(H,16,19). The normalized spacial score (nSPS) is 10.2. The van der Waals surface area contributed by atoms with Gasteiger partial charge in [-0.05, 0) is 18.2 Å². The van der Waals surface area contributed by atoms with Gasteiger partial charge in [-0.25, -0.2) is 0 Å². The predicted octanol–water partition coefficient (Wildman–Crippen LogP) is 1.05. The van der Waals surface area contributed by atoms with Gasteiger partial charge in [0.25, 0.3) is 0 Å². The first kappa shape index (κ1) is 13.9. The monoisotopic (exact) mass is 274 g/mol. The molecule has 0 aliphatic carbocycles. The fourth-order valence-corrected chi connectivity index (χ4v) is 1.70. The van der Waals surface area contributed by atoms with Gasteiger partial charge in [0.05, 0.1) is 19.6 Å². The quantitative estimate of drug-likeness (QED) is 0.739. The molecular weight excluding hydrogens is 256 g/mol. The van der Waals surface area contributed by atoms with Crippen LogP contribution in [-0.2, 0) is 11.3 Å². The molecule has 0 fully saturated rings. The highest BCUT2D eigenvalue weighted by atomic mass is 16.5. The Balaban J connectivity index is 1.60. The van der Waals surface area contributed by atoms with Crippen LogP contribution in [0.5, 0.6) is 5.75 Å². The zero-order chi connectivity index (χ0) is 14.2. The van der Waals surface area contributed by atoms with Crippen LogP contribution in [0.2, 0.25) is 0 Å². The Morgan fingerprint density at radius 2 is 2.30 bits per heavy atom. The lowest BCUT2D eigenvalue weighted by molar-refractivity contribution is -0.121. The van der Waals surface area contributed by atoms with E-state index in [2.05, 4.69) is 10.4 Å². The number of nitrogens with two attached hydrogens (primary N) is 1. The minimum absolute atomic E-state index is 0.0407. The van der Waals surface area contributed by atoms with Crippen molar-refractivity contribution in [1.82, 2.24) is 15.1 Å². The number of carbonyl (C=O) groups excluding carboxylic acids is 1. The molecule has 1 aromatic carbocycles. The van der Waals surface area contributed by atoms with Gasteiger partial charge < -0.3 is 15.8 Å². The molecule has 0 saturated carbocycles. The number of nitrogens with one attached hydrogen (secondary N) is 1. The summed E-state index contributed by atoms with van der Waals surface area (Å²) in [6.45, 7) is 1.55. The first-order valence-corrected chi connectivity index (χ1v) is 6.46. The third-order valence-electron chi connectivity index (χ3n) is 2.68. The summed E-state index contributed by atoms with van der Waals surface area (Å²) >= 11 is 0. The van der Waals surface area contributed by atoms with Crippen LogP contribution in [0.1, 0.15) is 6.42 Å². The molecule has 1 amide bonds. The Hall–Kier alpha value is -2.50. The highest BCUT2D eigenvalue weighted by molar-refractivity contribution is 5.75. The lowest BCUT2D eigenvalue weighted by atomic mass is 10.3. The van der Waals surface area contributed by atoms with Crippen LogP contribution < -0.4 is 15.8 Å². The Bertz CT molecular complexity index is 540. The third kappa shape index (κ3) is 4.64. The molecule has 20 heavy (non-hydrogen) atoms. The van der Waals surface area contributed by atoms with Gasteiger partial charge in [0, 0.05) is 30.7 Å². The van der Waals surface area contributed by atoms with Gasteiger partial charge in [0.2, 0.25) is 5.91 Å². The van der Waals surface area contributed by atoms with Crippen molar-refractivity contribution in [3.05, 3.63) is 42.7 Å². The van der Waals surface area contributed by atoms with Crippen LogP contribution in [0.25, 0.3) is 0 Å². The maximum atomic E-state index is 11.6. The summed E-state index contributed by atoms with van der Waals surface area (Å²) in [4.78, 5) is 11.6. The van der Waals surface area contributed by atoms with Crippen LogP contribution in [0.15, 0.2) is 42.7 Å². The van der Waals surface area contributed by atoms with Crippen LogP contribution in [-0.4, -0.2) is 28.8 Å². The molecule has 0 bridgehead atoms. The highest BCUT2D eigenvalue weighted by Crippen LogP contribution is 2.14. The van der Waals surface area contributed by atoms with Crippen molar-refractivity contribution >= 4 is 11.6 Å². The number of rotatable bonds is 7. The minimum atomic E-state index is -0.0407. The molecule has 6 heteroatoms. The number of nitrogen functional groups attached to an aromatic ring is 1. The molecule has 0 unspecified atom stereocenters. The van der Waals surface area contributed by atoms with Crippen molar-refractivity contribution < 1.29 is 9.53 Å². The van der Waals surface area contributed by atoms with Crippen molar-refractivity contribution in [2.45, 2.75) is 13.0 Å². The number of carbonyl (C=O) groups is 1. The lowest BCUT2D eigenvalue weighted by Crippen LogP contribution is -2.28. The molecule has 106 valence electrons. The van der Waals surface area contributed by atoms with E-state index in [1.807, 2.05) is 24.4 Å². The molecule has 0 saturated heterocycles. The molecule has 0 atom stereocenters. The first-order valence-electron chi connectivity index (χ1n) is 6.46. The van der Waals surface area contributed by atoms with Crippen molar-refractivity contribution in [2.24, 2.45) is 0 Å². The summed E-state index contributed by atoms with van der Waals surface area (Å²) in [5, 5.41) is 6.87. The molecule has 1 heterocycles. The van der Waals surface area contributed by atoms with E-state index in [1.54, 1.807) is 23.0 Å². The first-order chi connectivity index (χ1) is 9.74. The predicted molar refractivity (Wildman–Crippen MR) is 76.2 cm³/mol. The molecule has 0 spiro atoms. The van der Waals surface area contributed by atoms with Gasteiger partial charge >= 0.3 is 0 Å². The van der Waals surface area contributed by atoms with Gasteiger partial charge in [0.15, 0.2) is 0 Å². The second-order valence-corrected chi connectivity index (χ2v) is 4.29. The third-order valence-corrected chi connectivity index (χ3v) is 2.68. The van der Waals surface area contributed by atoms with Crippen LogP contribution in [0.4, 0.5) is 5.69 Å². The molecule has 6 nitrogen and oxygen atoms in total. The second kappa shape index (κ2) is 7.18. The summed E-state index contributed by atoms with van der Waals surface area (Å²) in [5.74, 6) is 0.635. The zero-order valence-corrected chi connectivity index (χ0v) is 11.2. The van der Waals surface area contributed by atoms with Gasteiger partial charge in [-0.15, -0.1) is 0 Å². The number of hydrogen-bond acceptors (Lipinski definition) is 4. The highest BCUT2D eigenvalue weighted by Gasteiger charge is 2.02. The van der Waals surface area contributed by atoms with E-state index in [0.717, 1.165) is 0 Å². The van der Waals surface area contributed by atoms with E-state index in [1.165, 1.54) is 0 Å². The van der Waals surface area contributed by atoms with Crippen molar-refractivity contribution in [3.63, 3.8) is 0 Å². The van der Waals surface area contributed by atoms with E-state index in [9.17, 15) is 4.79 Å². The van der Waals surface area contributed by atoms with Gasteiger partial charge in [-0.1, -0.05) is 6.07 Å². The number of anilines is 1. The number of hydrogen-bond donors (Lipinski definition) is 2. The van der Waals surface area contributed by atoms with Crippen LogP contribution >= 0.6 is 0 Å². The second-order valence-electron chi connectivity index (χ2n) is 4.29. The summed E-state index contributed by atoms with van der Waals surface area (Å²) < 4.78 is 7.22. The maximum absolute atomic E-state index is 11.6. The van der Waals surface area contributed by atoms with E-state index >= 15 is 0 Å². The van der Waals surface area contributed by atoms with Crippen LogP contribution in [0, 0.1) is 0 Å². The summed E-state index contributed by atoms with van der Waals surface area (Å²) in [6, 6.07) is 8.99. The number of nitrogens with zero attached hydrogens (tertiary/aromatic N) is 2. The fraction of sp³-hybridized carbons (Fsp3) is 0.286. The average Bonchev–Trinajstić information content (AvgIpc) is 2.92. The van der Waals surface area contributed by atoms with Gasteiger partial charge in [0.1, 0.15) is 5.75 Å². The minimum Gasteiger partial charge on any atom is -0.493 e. The van der Waals surface area contributed by atoms with Crippen molar-refractivity contribution in [1.29, 1.82) is 0 Å². The smallest absolute Gasteiger partial charge is 0.223 e. The Morgan fingerprint density at radius 1 is 1.40 bits per heavy atom. The summed E-state index contributed by atoms with van der Waals surface area (Å²) in [7, 11) is 0. The molecule has 0 radical (unpaired) electrons. The lowest BCUT2D eigenvalue weighted by Gasteiger charge is -2.08. The van der Waals surface area contributed by atoms with E-state index < -0.39 is 0 Å². The van der Waals surface area contributed by atoms with Crippen molar-refractivity contribution in [2.75, 3.05) is 18.9 Å². The molecule has 0 aliphatic heterocycles. The SMILES string of the molecule is Nc1cccc(OCCC(=O)NCCn2cccn2)c1. The molecule has 0 aliphatic rings. The average molecular weight is 274 g/mol. The van der Waals surface area contributed by atoms with E-state index in [-0.39, 0.29) is 5.91 Å². The number of amides is 1. The molecule has 3 N–H and O–H groups in total. The summed E-state index contributed by atoms with van der Waals surface area (Å²) in [5.41, 5.74) is 6.28.